The minimum atomic E-state index is -1.03. The van der Waals surface area contributed by atoms with E-state index in [1.54, 1.807) is 6.92 Å². The van der Waals surface area contributed by atoms with Crippen LogP contribution in [0.3, 0.4) is 0 Å². The number of carbonyl (C=O) groups is 1. The summed E-state index contributed by atoms with van der Waals surface area (Å²) in [4.78, 5) is 10.8. The molecule has 0 radical (unpaired) electrons. The number of allylic oxidation sites excluding steroid dienone is 3. The lowest BCUT2D eigenvalue weighted by Crippen LogP contribution is -2.27. The molecule has 2 heteroatoms. The van der Waals surface area contributed by atoms with Crippen molar-refractivity contribution in [3.63, 3.8) is 0 Å². The average molecular weight is 191 g/mol. The number of carboxylic acids is 1. The Labute approximate surface area is 84.3 Å². The number of rotatable bonds is 2. The summed E-state index contributed by atoms with van der Waals surface area (Å²) in [5, 5.41) is 10.8. The molecule has 2 aliphatic rings. The van der Waals surface area contributed by atoms with Gasteiger partial charge >= 0.3 is 0 Å². The molecule has 2 aliphatic carbocycles. The second-order valence-electron chi connectivity index (χ2n) is 4.56. The second kappa shape index (κ2) is 2.97. The van der Waals surface area contributed by atoms with E-state index in [1.165, 1.54) is 6.42 Å². The van der Waals surface area contributed by atoms with Gasteiger partial charge in [-0.05, 0) is 44.6 Å². The molecule has 1 fully saturated rings. The first-order valence-corrected chi connectivity index (χ1v) is 5.14. The number of hydrogen-bond donors (Lipinski definition) is 0. The van der Waals surface area contributed by atoms with Crippen LogP contribution < -0.4 is 5.11 Å². The first-order chi connectivity index (χ1) is 6.55. The Morgan fingerprint density at radius 1 is 1.50 bits per heavy atom. The molecule has 0 heterocycles. The summed E-state index contributed by atoms with van der Waals surface area (Å²) in [6, 6.07) is 0. The van der Waals surface area contributed by atoms with Crippen molar-refractivity contribution in [2.75, 3.05) is 0 Å². The molecule has 14 heavy (non-hydrogen) atoms. The molecule has 2 atom stereocenters. The highest BCUT2D eigenvalue weighted by atomic mass is 16.4. The van der Waals surface area contributed by atoms with Crippen molar-refractivity contribution >= 4 is 5.97 Å². The zero-order chi connectivity index (χ0) is 10.3. The van der Waals surface area contributed by atoms with Gasteiger partial charge in [0.15, 0.2) is 0 Å². The van der Waals surface area contributed by atoms with Crippen molar-refractivity contribution in [3.8, 4) is 0 Å². The van der Waals surface area contributed by atoms with Gasteiger partial charge in [0.25, 0.3) is 0 Å². The monoisotopic (exact) mass is 191 g/mol. The predicted octanol–water partition coefficient (Wildman–Crippen LogP) is 1.43. The topological polar surface area (TPSA) is 40.1 Å². The van der Waals surface area contributed by atoms with E-state index in [4.69, 9.17) is 0 Å². The van der Waals surface area contributed by atoms with Crippen molar-refractivity contribution < 1.29 is 9.90 Å². The molecule has 0 aromatic rings. The van der Waals surface area contributed by atoms with Crippen LogP contribution in [0, 0.1) is 11.3 Å². The van der Waals surface area contributed by atoms with Crippen LogP contribution in [0.1, 0.15) is 33.1 Å². The molecule has 76 valence electrons. The molecule has 2 bridgehead atoms. The van der Waals surface area contributed by atoms with Gasteiger partial charge in [-0.25, -0.2) is 0 Å². The molecule has 0 aromatic carbocycles. The number of carboxylic acid groups (broad SMARTS) is 1. The van der Waals surface area contributed by atoms with Crippen molar-refractivity contribution in [2.45, 2.75) is 33.1 Å². The molecule has 0 aliphatic heterocycles. The summed E-state index contributed by atoms with van der Waals surface area (Å²) in [6.07, 6.45) is 7.83. The first-order valence-electron chi connectivity index (χ1n) is 5.14. The van der Waals surface area contributed by atoms with Crippen molar-refractivity contribution in [1.82, 2.24) is 0 Å². The third-order valence-electron chi connectivity index (χ3n) is 3.89. The second-order valence-corrected chi connectivity index (χ2v) is 4.56. The third-order valence-corrected chi connectivity index (χ3v) is 3.89. The Bertz CT molecular complexity index is 338. The van der Waals surface area contributed by atoms with Crippen LogP contribution >= 0.6 is 0 Å². The van der Waals surface area contributed by atoms with Gasteiger partial charge in [0.05, 0.1) is 5.97 Å². The van der Waals surface area contributed by atoms with Crippen LogP contribution in [0.4, 0.5) is 0 Å². The van der Waals surface area contributed by atoms with Crippen LogP contribution in [0.5, 0.6) is 0 Å². The van der Waals surface area contributed by atoms with Crippen LogP contribution in [0.25, 0.3) is 0 Å². The molecule has 1 saturated carbocycles. The molecular formula is C12H15O2-. The lowest BCUT2D eigenvalue weighted by molar-refractivity contribution is -0.299. The van der Waals surface area contributed by atoms with Crippen molar-refractivity contribution in [1.29, 1.82) is 0 Å². The maximum Gasteiger partial charge on any atom is 0.0671 e. The fraction of sp³-hybridized carbons (Fsp3) is 0.583. The minimum absolute atomic E-state index is 0.0504. The van der Waals surface area contributed by atoms with Gasteiger partial charge < -0.3 is 9.90 Å². The fourth-order valence-electron chi connectivity index (χ4n) is 2.74. The van der Waals surface area contributed by atoms with Crippen LogP contribution in [-0.2, 0) is 4.79 Å². The lowest BCUT2D eigenvalue weighted by atomic mass is 9.78. The maximum atomic E-state index is 10.8. The summed E-state index contributed by atoms with van der Waals surface area (Å²) in [5.74, 6) is -0.347. The first kappa shape index (κ1) is 9.50. The zero-order valence-corrected chi connectivity index (χ0v) is 8.67. The zero-order valence-electron chi connectivity index (χ0n) is 8.67. The lowest BCUT2D eigenvalue weighted by Gasteiger charge is -2.27. The molecule has 0 spiro atoms. The van der Waals surface area contributed by atoms with E-state index < -0.39 is 5.97 Å². The van der Waals surface area contributed by atoms with E-state index in [9.17, 15) is 9.90 Å². The van der Waals surface area contributed by atoms with E-state index >= 15 is 0 Å². The van der Waals surface area contributed by atoms with Gasteiger partial charge in [0.1, 0.15) is 0 Å². The minimum Gasteiger partial charge on any atom is -0.545 e. The van der Waals surface area contributed by atoms with Gasteiger partial charge in [-0.15, -0.1) is 0 Å². The van der Waals surface area contributed by atoms with E-state index in [2.05, 4.69) is 12.2 Å². The molecule has 0 N–H and O–H groups in total. The normalized spacial score (nSPS) is 36.0. The Morgan fingerprint density at radius 3 is 2.57 bits per heavy atom. The van der Waals surface area contributed by atoms with Crippen LogP contribution in [0.15, 0.2) is 23.3 Å². The Balaban J connectivity index is 2.36. The molecule has 2 rings (SSSR count). The van der Waals surface area contributed by atoms with Gasteiger partial charge in [-0.2, -0.15) is 0 Å². The summed E-state index contributed by atoms with van der Waals surface area (Å²) in [6.45, 7) is 3.59. The summed E-state index contributed by atoms with van der Waals surface area (Å²) >= 11 is 0. The SMILES string of the molecule is C/C(C(=O)[O-])=C(/C)C12C=CC(CC1)C2. The molecule has 0 aromatic heterocycles. The number of fused-ring (bicyclic) bond motifs is 2. The standard InChI is InChI=1S/C12H16O2/c1-8(11(13)14)9(2)12-5-3-10(7-12)4-6-12/h3,5,10H,4,6-7H2,1-2H3,(H,13,14)/p-1/b9-8+. The molecular weight excluding hydrogens is 176 g/mol. The summed E-state index contributed by atoms with van der Waals surface area (Å²) in [7, 11) is 0. The van der Waals surface area contributed by atoms with Gasteiger partial charge in [0, 0.05) is 5.41 Å². The van der Waals surface area contributed by atoms with Gasteiger partial charge in [0.2, 0.25) is 0 Å². The Morgan fingerprint density at radius 2 is 2.21 bits per heavy atom. The number of hydrogen-bond acceptors (Lipinski definition) is 2. The Kier molecular flexibility index (Phi) is 2.02. The predicted molar refractivity (Wildman–Crippen MR) is 52.3 cm³/mol. The van der Waals surface area contributed by atoms with E-state index in [0.717, 1.165) is 18.4 Å². The smallest absolute Gasteiger partial charge is 0.0671 e. The summed E-state index contributed by atoms with van der Waals surface area (Å²) < 4.78 is 0. The van der Waals surface area contributed by atoms with E-state index in [0.29, 0.717) is 11.5 Å². The van der Waals surface area contributed by atoms with E-state index in [1.807, 2.05) is 6.92 Å². The fourth-order valence-corrected chi connectivity index (χ4v) is 2.74. The van der Waals surface area contributed by atoms with Gasteiger partial charge in [-0.1, -0.05) is 17.7 Å². The molecule has 0 saturated heterocycles. The largest absolute Gasteiger partial charge is 0.545 e. The molecule has 0 amide bonds. The van der Waals surface area contributed by atoms with Crippen molar-refractivity contribution in [2.24, 2.45) is 11.3 Å². The number of carbonyl (C=O) groups excluding carboxylic acids is 1. The van der Waals surface area contributed by atoms with Crippen molar-refractivity contribution in [3.05, 3.63) is 23.3 Å². The summed E-state index contributed by atoms with van der Waals surface area (Å²) in [5.41, 5.74) is 1.46. The highest BCUT2D eigenvalue weighted by Gasteiger charge is 2.42. The maximum absolute atomic E-state index is 10.8. The highest BCUT2D eigenvalue weighted by Crippen LogP contribution is 2.53. The Hall–Kier alpha value is -1.05. The van der Waals surface area contributed by atoms with E-state index in [-0.39, 0.29) is 5.41 Å². The quantitative estimate of drug-likeness (QED) is 0.489. The molecule has 2 nitrogen and oxygen atoms in total. The number of aliphatic carboxylic acids is 1. The van der Waals surface area contributed by atoms with Crippen LogP contribution in [-0.4, -0.2) is 5.97 Å². The average Bonchev–Trinajstić information content (AvgIpc) is 2.75. The molecule has 2 unspecified atom stereocenters. The van der Waals surface area contributed by atoms with Gasteiger partial charge in [-0.3, -0.25) is 0 Å². The van der Waals surface area contributed by atoms with Crippen LogP contribution in [0.2, 0.25) is 0 Å². The third kappa shape index (κ3) is 1.21. The highest BCUT2D eigenvalue weighted by molar-refractivity contribution is 5.85.